The first-order valence-corrected chi connectivity index (χ1v) is 23.7. The van der Waals surface area contributed by atoms with Crippen LogP contribution in [0.5, 0.6) is 0 Å². The van der Waals surface area contributed by atoms with Crippen LogP contribution in [-0.4, -0.2) is 101 Å². The number of fused-ring (bicyclic) bond motifs is 4. The van der Waals surface area contributed by atoms with Crippen LogP contribution in [-0.2, 0) is 30.9 Å². The molecule has 2 spiro atoms. The van der Waals surface area contributed by atoms with Gasteiger partial charge in [0, 0.05) is 67.0 Å². The fraction of sp³-hybridized carbons (Fsp3) is 0.386. The summed E-state index contributed by atoms with van der Waals surface area (Å²) in [4.78, 5) is 40.3. The van der Waals surface area contributed by atoms with Crippen LogP contribution < -0.4 is 19.2 Å². The summed E-state index contributed by atoms with van der Waals surface area (Å²) >= 11 is 0. The zero-order valence-corrected chi connectivity index (χ0v) is 35.9. The normalized spacial score (nSPS) is 18.3. The Balaban J connectivity index is 0.000000181. The highest BCUT2D eigenvalue weighted by molar-refractivity contribution is 7.92. The Labute approximate surface area is 352 Å². The van der Waals surface area contributed by atoms with E-state index in [9.17, 15) is 36.3 Å². The molecule has 8 rings (SSSR count). The van der Waals surface area contributed by atoms with Crippen molar-refractivity contribution in [2.24, 2.45) is 0 Å². The summed E-state index contributed by atoms with van der Waals surface area (Å²) in [6, 6.07) is 29.0. The van der Waals surface area contributed by atoms with E-state index in [-0.39, 0.29) is 28.7 Å². The van der Waals surface area contributed by atoms with E-state index >= 15 is 0 Å². The smallest absolute Gasteiger partial charge is 0.321 e. The summed E-state index contributed by atoms with van der Waals surface area (Å²) < 4.78 is 52.2. The molecule has 0 bridgehead atoms. The summed E-state index contributed by atoms with van der Waals surface area (Å²) in [5.41, 5.74) is 5.82. The quantitative estimate of drug-likeness (QED) is 0.189. The maximum atomic E-state index is 12.7. The second kappa shape index (κ2) is 16.5. The van der Waals surface area contributed by atoms with Crippen LogP contribution in [0.25, 0.3) is 0 Å². The Hall–Kier alpha value is -5.45. The predicted molar refractivity (Wildman–Crippen MR) is 234 cm³/mol. The van der Waals surface area contributed by atoms with Crippen LogP contribution in [0.3, 0.4) is 0 Å². The van der Waals surface area contributed by atoms with Crippen molar-refractivity contribution in [2.75, 3.05) is 71.0 Å². The fourth-order valence-electron chi connectivity index (χ4n) is 8.93. The van der Waals surface area contributed by atoms with E-state index < -0.39 is 26.2 Å². The lowest BCUT2D eigenvalue weighted by molar-refractivity contribution is 0.101. The standard InChI is InChI=1S/C22H27N3O4S.C22H25N3O4S/c2*1-16(26)17-7-9-18(10-8-17)23-21(27)24-13-11-22(12-14-24)15-25(30(2,28)29)20-6-4-3-5-19(20)22/h3-10,16,26H,11-15H2,1-2H3,(H,23,27);3-10H,11-15H2,1-2H3,(H,23,27). The topological polar surface area (TPSA) is 177 Å². The Morgan fingerprint density at radius 3 is 1.32 bits per heavy atom. The molecule has 14 nitrogen and oxygen atoms in total. The third-order valence-electron chi connectivity index (χ3n) is 12.4. The molecule has 4 aliphatic heterocycles. The minimum atomic E-state index is -3.36. The number of Topliss-reactive ketones (excluding diaryl/α,β-unsaturated/α-hetero) is 1. The number of ketones is 1. The number of carbonyl (C=O) groups excluding carboxylic acids is 3. The van der Waals surface area contributed by atoms with Gasteiger partial charge in [0.15, 0.2) is 5.78 Å². The van der Waals surface area contributed by atoms with Crippen molar-refractivity contribution in [2.45, 2.75) is 56.5 Å². The Morgan fingerprint density at radius 1 is 0.600 bits per heavy atom. The lowest BCUT2D eigenvalue weighted by atomic mass is 9.74. The number of hydrogen-bond donors (Lipinski definition) is 3. The molecule has 1 atom stereocenters. The van der Waals surface area contributed by atoms with Crippen molar-refractivity contribution in [3.05, 3.63) is 119 Å². The second-order valence-corrected chi connectivity index (χ2v) is 20.2. The molecule has 318 valence electrons. The maximum Gasteiger partial charge on any atom is 0.321 e. The van der Waals surface area contributed by atoms with Crippen molar-refractivity contribution in [1.82, 2.24) is 9.80 Å². The third-order valence-corrected chi connectivity index (χ3v) is 14.6. The third kappa shape index (κ3) is 8.72. The number of hydrogen-bond acceptors (Lipinski definition) is 8. The predicted octanol–water partition coefficient (Wildman–Crippen LogP) is 6.32. The van der Waals surface area contributed by atoms with E-state index in [1.54, 1.807) is 65.3 Å². The van der Waals surface area contributed by atoms with Gasteiger partial charge in [0.1, 0.15) is 0 Å². The molecule has 4 aromatic carbocycles. The molecule has 16 heteroatoms. The van der Waals surface area contributed by atoms with E-state index in [0.29, 0.717) is 81.9 Å². The molecule has 60 heavy (non-hydrogen) atoms. The molecule has 4 aliphatic rings. The molecule has 2 fully saturated rings. The van der Waals surface area contributed by atoms with E-state index in [4.69, 9.17) is 0 Å². The number of nitrogens with one attached hydrogen (secondary N) is 2. The van der Waals surface area contributed by atoms with Gasteiger partial charge in [0.25, 0.3) is 0 Å². The number of anilines is 4. The Bertz CT molecular complexity index is 2480. The van der Waals surface area contributed by atoms with Crippen molar-refractivity contribution >= 4 is 60.6 Å². The monoisotopic (exact) mass is 856 g/mol. The highest BCUT2D eigenvalue weighted by Gasteiger charge is 2.49. The van der Waals surface area contributed by atoms with Gasteiger partial charge >= 0.3 is 12.1 Å². The fourth-order valence-corrected chi connectivity index (χ4v) is 10.9. The summed E-state index contributed by atoms with van der Waals surface area (Å²) in [6.45, 7) is 6.26. The molecule has 4 aromatic rings. The van der Waals surface area contributed by atoms with E-state index in [1.807, 2.05) is 48.5 Å². The van der Waals surface area contributed by atoms with Gasteiger partial charge in [-0.2, -0.15) is 0 Å². The number of para-hydroxylation sites is 2. The minimum Gasteiger partial charge on any atom is -0.389 e. The molecule has 4 heterocycles. The summed E-state index contributed by atoms with van der Waals surface area (Å²) in [6.07, 6.45) is 4.76. The van der Waals surface area contributed by atoms with Crippen LogP contribution in [0.4, 0.5) is 32.3 Å². The van der Waals surface area contributed by atoms with Crippen molar-refractivity contribution in [3.63, 3.8) is 0 Å². The van der Waals surface area contributed by atoms with Gasteiger partial charge in [-0.05, 0) is 105 Å². The SMILES string of the molecule is CC(=O)c1ccc(NC(=O)N2CCC3(CC2)CN(S(C)(=O)=O)c2ccccc23)cc1.CC(O)c1ccc(NC(=O)N2CCC3(CC2)CN(S(C)(=O)=O)c2ccccc23)cc1. The molecular formula is C44H52N6O8S2. The first kappa shape index (κ1) is 42.7. The lowest BCUT2D eigenvalue weighted by Gasteiger charge is -2.39. The summed E-state index contributed by atoms with van der Waals surface area (Å²) in [5.74, 6) is -0.0193. The molecule has 4 amide bonds. The molecule has 2 saturated heterocycles. The molecule has 0 aromatic heterocycles. The number of amides is 4. The number of aliphatic hydroxyl groups is 1. The highest BCUT2D eigenvalue weighted by atomic mass is 32.2. The number of piperidine rings is 2. The van der Waals surface area contributed by atoms with Gasteiger partial charge in [-0.1, -0.05) is 48.5 Å². The molecule has 0 aliphatic carbocycles. The minimum absolute atomic E-state index is 0.0193. The number of benzene rings is 4. The van der Waals surface area contributed by atoms with Crippen LogP contribution in [0.1, 0.15) is 72.7 Å². The van der Waals surface area contributed by atoms with Gasteiger partial charge in [-0.25, -0.2) is 26.4 Å². The molecule has 3 N–H and O–H groups in total. The summed E-state index contributed by atoms with van der Waals surface area (Å²) in [7, 11) is -6.70. The number of sulfonamides is 2. The Morgan fingerprint density at radius 2 is 0.967 bits per heavy atom. The Kier molecular flexibility index (Phi) is 11.8. The van der Waals surface area contributed by atoms with Gasteiger partial charge < -0.3 is 25.5 Å². The number of rotatable bonds is 6. The molecular weight excluding hydrogens is 805 g/mol. The van der Waals surface area contributed by atoms with E-state index in [1.165, 1.54) is 28.0 Å². The number of carbonyl (C=O) groups is 3. The number of urea groups is 2. The average Bonchev–Trinajstić information content (AvgIpc) is 3.72. The summed E-state index contributed by atoms with van der Waals surface area (Å²) in [5, 5.41) is 15.4. The van der Waals surface area contributed by atoms with Crippen LogP contribution in [0.15, 0.2) is 97.1 Å². The lowest BCUT2D eigenvalue weighted by Crippen LogP contribution is -2.48. The molecule has 0 saturated carbocycles. The zero-order chi connectivity index (χ0) is 43.0. The first-order chi connectivity index (χ1) is 28.4. The van der Waals surface area contributed by atoms with Crippen LogP contribution in [0.2, 0.25) is 0 Å². The molecule has 0 radical (unpaired) electrons. The maximum absolute atomic E-state index is 12.7. The van der Waals surface area contributed by atoms with Gasteiger partial charge in [-0.3, -0.25) is 13.4 Å². The van der Waals surface area contributed by atoms with Crippen LogP contribution >= 0.6 is 0 Å². The second-order valence-electron chi connectivity index (χ2n) is 16.4. The largest absolute Gasteiger partial charge is 0.389 e. The van der Waals surface area contributed by atoms with Crippen LogP contribution in [0, 0.1) is 0 Å². The van der Waals surface area contributed by atoms with Gasteiger partial charge in [0.05, 0.1) is 30.0 Å². The molecule has 1 unspecified atom stereocenters. The highest BCUT2D eigenvalue weighted by Crippen LogP contribution is 2.49. The van der Waals surface area contributed by atoms with Crippen molar-refractivity contribution in [1.29, 1.82) is 0 Å². The first-order valence-electron chi connectivity index (χ1n) is 20.0. The number of aliphatic hydroxyl groups excluding tert-OH is 1. The zero-order valence-electron chi connectivity index (χ0n) is 34.3. The van der Waals surface area contributed by atoms with Gasteiger partial charge in [0.2, 0.25) is 20.0 Å². The number of likely N-dealkylation sites (tertiary alicyclic amines) is 2. The average molecular weight is 857 g/mol. The van der Waals surface area contributed by atoms with Crippen molar-refractivity contribution < 1.29 is 36.3 Å². The van der Waals surface area contributed by atoms with Gasteiger partial charge in [-0.15, -0.1) is 0 Å². The van der Waals surface area contributed by atoms with E-state index in [0.717, 1.165) is 28.1 Å². The van der Waals surface area contributed by atoms with E-state index in [2.05, 4.69) is 10.6 Å². The number of nitrogens with zero attached hydrogens (tertiary/aromatic N) is 4. The van der Waals surface area contributed by atoms with Crippen molar-refractivity contribution in [3.8, 4) is 0 Å².